The fourth-order valence-corrected chi connectivity index (χ4v) is 3.03. The van der Waals surface area contributed by atoms with Crippen LogP contribution in [-0.4, -0.2) is 28.6 Å². The van der Waals surface area contributed by atoms with Gasteiger partial charge in [-0.3, -0.25) is 10.1 Å². The predicted molar refractivity (Wildman–Crippen MR) is 116 cm³/mol. The molecule has 5 nitrogen and oxygen atoms in total. The van der Waals surface area contributed by atoms with E-state index >= 15 is 0 Å². The molecular formula is C22H48N2O3. The van der Waals surface area contributed by atoms with Crippen LogP contribution in [0.15, 0.2) is 0 Å². The number of carbonyl (C=O) groups is 1. The molecule has 0 spiro atoms. The highest BCUT2D eigenvalue weighted by Crippen LogP contribution is 2.13. The smallest absolute Gasteiger partial charge is 0.303 e. The van der Waals surface area contributed by atoms with Gasteiger partial charge in [0.05, 0.1) is 6.17 Å². The van der Waals surface area contributed by atoms with Gasteiger partial charge in [-0.1, -0.05) is 96.8 Å². The summed E-state index contributed by atoms with van der Waals surface area (Å²) in [5.41, 5.74) is 5.22. The number of carboxylic acids is 1. The number of nitrogens with one attached hydrogen (secondary N) is 1. The third-order valence-corrected chi connectivity index (χ3v) is 4.50. The van der Waals surface area contributed by atoms with E-state index in [1.807, 2.05) is 0 Å². The van der Waals surface area contributed by atoms with Crippen LogP contribution in [0, 0.1) is 0 Å². The Morgan fingerprint density at radius 3 is 1.33 bits per heavy atom. The lowest BCUT2D eigenvalue weighted by Crippen LogP contribution is -2.40. The molecule has 2 atom stereocenters. The van der Waals surface area contributed by atoms with E-state index in [0.717, 1.165) is 12.8 Å². The molecule has 5 heteroatoms. The van der Waals surface area contributed by atoms with E-state index in [9.17, 15) is 4.79 Å². The SMILES string of the molecule is CC(N)NC(C)O.CCCCCCCCCCCCCCCCCC(=O)O. The maximum atomic E-state index is 10.3. The molecule has 0 aromatic heterocycles. The molecule has 0 saturated carbocycles. The molecule has 0 heterocycles. The van der Waals surface area contributed by atoms with E-state index in [1.54, 1.807) is 13.8 Å². The van der Waals surface area contributed by atoms with Gasteiger partial charge in [0, 0.05) is 6.42 Å². The van der Waals surface area contributed by atoms with E-state index in [1.165, 1.54) is 83.5 Å². The highest BCUT2D eigenvalue weighted by Gasteiger charge is 1.97. The molecule has 0 aromatic carbocycles. The summed E-state index contributed by atoms with van der Waals surface area (Å²) in [7, 11) is 0. The molecule has 0 radical (unpaired) electrons. The molecule has 0 aromatic rings. The minimum Gasteiger partial charge on any atom is -0.481 e. The number of carboxylic acid groups (broad SMARTS) is 1. The summed E-state index contributed by atoms with van der Waals surface area (Å²) in [5, 5.41) is 19.7. The number of aliphatic carboxylic acids is 1. The average molecular weight is 389 g/mol. The Morgan fingerprint density at radius 2 is 1.11 bits per heavy atom. The first kappa shape index (κ1) is 28.6. The van der Waals surface area contributed by atoms with Gasteiger partial charge in [-0.15, -0.1) is 0 Å². The van der Waals surface area contributed by atoms with Gasteiger partial charge in [0.1, 0.15) is 6.23 Å². The van der Waals surface area contributed by atoms with Crippen molar-refractivity contribution in [2.75, 3.05) is 0 Å². The summed E-state index contributed by atoms with van der Waals surface area (Å²) in [4.78, 5) is 10.3. The van der Waals surface area contributed by atoms with Crippen LogP contribution in [0.5, 0.6) is 0 Å². The van der Waals surface area contributed by atoms with Gasteiger partial charge in [-0.05, 0) is 20.3 Å². The molecule has 0 saturated heterocycles. The second-order valence-corrected chi connectivity index (χ2v) is 7.72. The topological polar surface area (TPSA) is 95.6 Å². The van der Waals surface area contributed by atoms with E-state index in [4.69, 9.17) is 15.9 Å². The van der Waals surface area contributed by atoms with Crippen molar-refractivity contribution >= 4 is 5.97 Å². The number of hydrogen-bond donors (Lipinski definition) is 4. The van der Waals surface area contributed by atoms with E-state index in [0.29, 0.717) is 6.42 Å². The van der Waals surface area contributed by atoms with Crippen LogP contribution in [0.25, 0.3) is 0 Å². The monoisotopic (exact) mass is 388 g/mol. The van der Waals surface area contributed by atoms with Crippen molar-refractivity contribution < 1.29 is 15.0 Å². The lowest BCUT2D eigenvalue weighted by Gasteiger charge is -2.09. The van der Waals surface area contributed by atoms with Crippen LogP contribution in [0.2, 0.25) is 0 Å². The van der Waals surface area contributed by atoms with Gasteiger partial charge in [0.15, 0.2) is 0 Å². The molecule has 2 unspecified atom stereocenters. The van der Waals surface area contributed by atoms with Crippen molar-refractivity contribution in [2.45, 2.75) is 136 Å². The van der Waals surface area contributed by atoms with E-state index in [-0.39, 0.29) is 6.17 Å². The molecule has 0 fully saturated rings. The number of aliphatic hydroxyl groups is 1. The Morgan fingerprint density at radius 1 is 0.778 bits per heavy atom. The first-order chi connectivity index (χ1) is 12.9. The molecule has 0 bridgehead atoms. The highest BCUT2D eigenvalue weighted by molar-refractivity contribution is 5.66. The zero-order valence-electron chi connectivity index (χ0n) is 18.3. The normalized spacial score (nSPS) is 12.9. The van der Waals surface area contributed by atoms with Gasteiger partial charge in [0.2, 0.25) is 0 Å². The van der Waals surface area contributed by atoms with Gasteiger partial charge < -0.3 is 15.9 Å². The Balaban J connectivity index is 0. The van der Waals surface area contributed by atoms with Crippen LogP contribution in [-0.2, 0) is 4.79 Å². The predicted octanol–water partition coefficient (Wildman–Crippen LogP) is 5.55. The summed E-state index contributed by atoms with van der Waals surface area (Å²) >= 11 is 0. The summed E-state index contributed by atoms with van der Waals surface area (Å²) in [6.45, 7) is 5.67. The number of rotatable bonds is 18. The molecule has 0 amide bonds. The maximum Gasteiger partial charge on any atom is 0.303 e. The fourth-order valence-electron chi connectivity index (χ4n) is 3.03. The summed E-state index contributed by atoms with van der Waals surface area (Å²) in [6, 6.07) is 0. The van der Waals surface area contributed by atoms with Crippen molar-refractivity contribution in [3.05, 3.63) is 0 Å². The third kappa shape index (κ3) is 33.4. The van der Waals surface area contributed by atoms with Gasteiger partial charge in [-0.25, -0.2) is 0 Å². The Kier molecular flexibility index (Phi) is 24.7. The summed E-state index contributed by atoms with van der Waals surface area (Å²) < 4.78 is 0. The number of unbranched alkanes of at least 4 members (excludes halogenated alkanes) is 14. The van der Waals surface area contributed by atoms with E-state index < -0.39 is 12.2 Å². The largest absolute Gasteiger partial charge is 0.481 e. The second-order valence-electron chi connectivity index (χ2n) is 7.72. The Bertz CT molecular complexity index is 291. The minimum absolute atomic E-state index is 0.125. The van der Waals surface area contributed by atoms with Gasteiger partial charge in [0.25, 0.3) is 0 Å². The first-order valence-electron chi connectivity index (χ1n) is 11.3. The van der Waals surface area contributed by atoms with Crippen molar-refractivity contribution in [1.82, 2.24) is 5.32 Å². The molecule has 0 aliphatic carbocycles. The summed E-state index contributed by atoms with van der Waals surface area (Å²) in [6.07, 6.45) is 19.6. The molecule has 164 valence electrons. The molecule has 0 aliphatic heterocycles. The fraction of sp³-hybridized carbons (Fsp3) is 0.955. The quantitative estimate of drug-likeness (QED) is 0.182. The van der Waals surface area contributed by atoms with Crippen LogP contribution in [0.3, 0.4) is 0 Å². The van der Waals surface area contributed by atoms with Crippen molar-refractivity contribution in [3.8, 4) is 0 Å². The summed E-state index contributed by atoms with van der Waals surface area (Å²) in [5.74, 6) is -0.653. The molecule has 27 heavy (non-hydrogen) atoms. The second kappa shape index (κ2) is 23.4. The lowest BCUT2D eigenvalue weighted by atomic mass is 10.0. The molecular weight excluding hydrogens is 340 g/mol. The molecule has 0 rings (SSSR count). The molecule has 0 aliphatic rings. The zero-order chi connectivity index (χ0) is 20.8. The zero-order valence-corrected chi connectivity index (χ0v) is 18.3. The Hall–Kier alpha value is -0.650. The number of aliphatic hydroxyl groups excluding tert-OH is 1. The van der Waals surface area contributed by atoms with E-state index in [2.05, 4.69) is 12.2 Å². The average Bonchev–Trinajstić information content (AvgIpc) is 2.57. The van der Waals surface area contributed by atoms with Crippen molar-refractivity contribution in [3.63, 3.8) is 0 Å². The molecule has 5 N–H and O–H groups in total. The Labute approximate surface area is 168 Å². The first-order valence-corrected chi connectivity index (χ1v) is 11.3. The number of nitrogens with two attached hydrogens (primary N) is 1. The maximum absolute atomic E-state index is 10.3. The number of hydrogen-bond acceptors (Lipinski definition) is 4. The van der Waals surface area contributed by atoms with Crippen molar-refractivity contribution in [2.24, 2.45) is 5.73 Å². The van der Waals surface area contributed by atoms with Crippen LogP contribution < -0.4 is 11.1 Å². The third-order valence-electron chi connectivity index (χ3n) is 4.50. The minimum atomic E-state index is -0.653. The van der Waals surface area contributed by atoms with Crippen LogP contribution >= 0.6 is 0 Å². The van der Waals surface area contributed by atoms with Gasteiger partial charge in [-0.2, -0.15) is 0 Å². The van der Waals surface area contributed by atoms with Crippen LogP contribution in [0.1, 0.15) is 124 Å². The highest BCUT2D eigenvalue weighted by atomic mass is 16.4. The van der Waals surface area contributed by atoms with Crippen LogP contribution in [0.4, 0.5) is 0 Å². The lowest BCUT2D eigenvalue weighted by molar-refractivity contribution is -0.137. The standard InChI is InChI=1S/C18H36O2.C4H12N2O/c1-2-3-4-5-6-7-8-9-10-11-12-13-14-15-16-17-18(19)20;1-3(5)6-4(2)7/h2-17H2,1H3,(H,19,20);3-4,6-7H,5H2,1-2H3. The van der Waals surface area contributed by atoms with Crippen molar-refractivity contribution in [1.29, 1.82) is 0 Å². The van der Waals surface area contributed by atoms with Gasteiger partial charge >= 0.3 is 5.97 Å².